The van der Waals surface area contributed by atoms with Crippen molar-refractivity contribution in [3.05, 3.63) is 29.8 Å². The van der Waals surface area contributed by atoms with Crippen LogP contribution in [0.4, 0.5) is 0 Å². The zero-order chi connectivity index (χ0) is 19.5. The molecule has 1 amide bonds. The minimum Gasteiger partial charge on any atom is -0.342 e. The van der Waals surface area contributed by atoms with Crippen LogP contribution >= 0.6 is 0 Å². The molecule has 1 unspecified atom stereocenters. The van der Waals surface area contributed by atoms with Crippen LogP contribution in [0.1, 0.15) is 51.1 Å². The van der Waals surface area contributed by atoms with E-state index in [1.165, 1.54) is 25.0 Å². The van der Waals surface area contributed by atoms with E-state index in [4.69, 9.17) is 5.14 Å². The monoisotopic (exact) mass is 381 g/mol. The average Bonchev–Trinajstić information content (AvgIpc) is 2.60. The fraction of sp³-hybridized carbons (Fsp3) is 0.632. The van der Waals surface area contributed by atoms with Crippen molar-refractivity contribution in [1.82, 2.24) is 9.80 Å². The number of carbonyl (C=O) groups is 1. The zero-order valence-corrected chi connectivity index (χ0v) is 17.0. The highest BCUT2D eigenvalue weighted by atomic mass is 32.2. The Morgan fingerprint density at radius 1 is 1.15 bits per heavy atom. The average molecular weight is 382 g/mol. The molecule has 0 heterocycles. The molecule has 1 aromatic rings. The molecule has 1 aliphatic rings. The van der Waals surface area contributed by atoms with Crippen LogP contribution < -0.4 is 5.14 Å². The molecule has 2 N–H and O–H groups in total. The van der Waals surface area contributed by atoms with Gasteiger partial charge in [0.2, 0.25) is 15.9 Å². The standard InChI is InChI=1S/C19H31N3O3S/c1-14-5-9-17(10-6-14)22(4)19(23)13-21(3)15(2)16-7-11-18(12-8-16)26(20,24)25/h7-8,11-12,14-15,17H,5-6,9-10,13H2,1-4H3,(H2,20,24,25). The Labute approximate surface area is 157 Å². The zero-order valence-electron chi connectivity index (χ0n) is 16.2. The second kappa shape index (κ2) is 8.50. The predicted molar refractivity (Wildman–Crippen MR) is 103 cm³/mol. The van der Waals surface area contributed by atoms with Crippen LogP contribution in [0.2, 0.25) is 0 Å². The van der Waals surface area contributed by atoms with Crippen molar-refractivity contribution in [3.8, 4) is 0 Å². The number of amides is 1. The van der Waals surface area contributed by atoms with Gasteiger partial charge in [-0.15, -0.1) is 0 Å². The quantitative estimate of drug-likeness (QED) is 0.820. The fourth-order valence-corrected chi connectivity index (χ4v) is 4.00. The maximum absolute atomic E-state index is 12.6. The lowest BCUT2D eigenvalue weighted by Gasteiger charge is -2.35. The van der Waals surface area contributed by atoms with Gasteiger partial charge in [0.15, 0.2) is 0 Å². The first-order chi connectivity index (χ1) is 12.1. The van der Waals surface area contributed by atoms with E-state index in [0.717, 1.165) is 24.3 Å². The predicted octanol–water partition coefficient (Wildman–Crippen LogP) is 2.36. The van der Waals surface area contributed by atoms with Gasteiger partial charge in [-0.2, -0.15) is 0 Å². The molecule has 1 atom stereocenters. The highest BCUT2D eigenvalue weighted by Crippen LogP contribution is 2.27. The Balaban J connectivity index is 1.95. The lowest BCUT2D eigenvalue weighted by atomic mass is 9.87. The van der Waals surface area contributed by atoms with E-state index in [2.05, 4.69) is 6.92 Å². The topological polar surface area (TPSA) is 83.7 Å². The molecule has 146 valence electrons. The van der Waals surface area contributed by atoms with Crippen LogP contribution in [0.5, 0.6) is 0 Å². The third-order valence-corrected chi connectivity index (χ3v) is 6.59. The van der Waals surface area contributed by atoms with E-state index in [1.54, 1.807) is 12.1 Å². The summed E-state index contributed by atoms with van der Waals surface area (Å²) in [7, 11) is 0.128. The molecule has 1 aliphatic carbocycles. The van der Waals surface area contributed by atoms with Gasteiger partial charge in [-0.05, 0) is 63.3 Å². The van der Waals surface area contributed by atoms with Crippen LogP contribution in [0.3, 0.4) is 0 Å². The number of hydrogen-bond donors (Lipinski definition) is 1. The van der Waals surface area contributed by atoms with Crippen LogP contribution in [-0.4, -0.2) is 50.8 Å². The number of rotatable bonds is 6. The third-order valence-electron chi connectivity index (χ3n) is 5.66. The van der Waals surface area contributed by atoms with Crippen molar-refractivity contribution < 1.29 is 13.2 Å². The van der Waals surface area contributed by atoms with E-state index in [1.807, 2.05) is 30.8 Å². The second-order valence-electron chi connectivity index (χ2n) is 7.62. The summed E-state index contributed by atoms with van der Waals surface area (Å²) < 4.78 is 22.7. The maximum atomic E-state index is 12.6. The first kappa shape index (κ1) is 20.9. The van der Waals surface area contributed by atoms with Gasteiger partial charge in [0.1, 0.15) is 0 Å². The first-order valence-corrected chi connectivity index (χ1v) is 10.7. The minimum atomic E-state index is -3.69. The molecule has 6 nitrogen and oxygen atoms in total. The van der Waals surface area contributed by atoms with Gasteiger partial charge < -0.3 is 4.90 Å². The molecular formula is C19H31N3O3S. The molecule has 0 aromatic heterocycles. The van der Waals surface area contributed by atoms with E-state index >= 15 is 0 Å². The van der Waals surface area contributed by atoms with Gasteiger partial charge in [0, 0.05) is 19.1 Å². The summed E-state index contributed by atoms with van der Waals surface area (Å²) in [5, 5.41) is 5.13. The normalized spacial score (nSPS) is 22.2. The van der Waals surface area contributed by atoms with Gasteiger partial charge in [-0.3, -0.25) is 9.69 Å². The number of carbonyl (C=O) groups excluding carboxylic acids is 1. The van der Waals surface area contributed by atoms with Crippen molar-refractivity contribution >= 4 is 15.9 Å². The van der Waals surface area contributed by atoms with E-state index in [-0.39, 0.29) is 16.8 Å². The number of benzene rings is 1. The largest absolute Gasteiger partial charge is 0.342 e. The Morgan fingerprint density at radius 3 is 2.19 bits per heavy atom. The van der Waals surface area contributed by atoms with Crippen LogP contribution in [0.15, 0.2) is 29.2 Å². The molecule has 1 saturated carbocycles. The third kappa shape index (κ3) is 5.28. The molecule has 2 rings (SSSR count). The molecule has 7 heteroatoms. The Bertz CT molecular complexity index is 710. The van der Waals surface area contributed by atoms with Gasteiger partial charge in [-0.1, -0.05) is 19.1 Å². The van der Waals surface area contributed by atoms with Crippen molar-refractivity contribution in [2.24, 2.45) is 11.1 Å². The van der Waals surface area contributed by atoms with Crippen molar-refractivity contribution in [2.45, 2.75) is 56.5 Å². The lowest BCUT2D eigenvalue weighted by Crippen LogP contribution is -2.44. The second-order valence-corrected chi connectivity index (χ2v) is 9.18. The highest BCUT2D eigenvalue weighted by Gasteiger charge is 2.26. The van der Waals surface area contributed by atoms with Gasteiger partial charge >= 0.3 is 0 Å². The number of sulfonamides is 1. The van der Waals surface area contributed by atoms with Crippen molar-refractivity contribution in [1.29, 1.82) is 0 Å². The molecule has 1 aromatic carbocycles. The summed E-state index contributed by atoms with van der Waals surface area (Å²) >= 11 is 0. The fourth-order valence-electron chi connectivity index (χ4n) is 3.49. The molecule has 0 radical (unpaired) electrons. The Hall–Kier alpha value is -1.44. The van der Waals surface area contributed by atoms with E-state index in [0.29, 0.717) is 12.6 Å². The summed E-state index contributed by atoms with van der Waals surface area (Å²) in [5.74, 6) is 0.887. The highest BCUT2D eigenvalue weighted by molar-refractivity contribution is 7.89. The molecule has 0 bridgehead atoms. The number of likely N-dealkylation sites (N-methyl/N-ethyl adjacent to an activating group) is 2. The van der Waals surface area contributed by atoms with Gasteiger partial charge in [-0.25, -0.2) is 13.6 Å². The summed E-state index contributed by atoms with van der Waals surface area (Å²) in [5.41, 5.74) is 0.946. The van der Waals surface area contributed by atoms with Crippen LogP contribution in [0.25, 0.3) is 0 Å². The number of hydrogen-bond acceptors (Lipinski definition) is 4. The SMILES string of the molecule is CC1CCC(N(C)C(=O)CN(C)C(C)c2ccc(S(N)(=O)=O)cc2)CC1. The van der Waals surface area contributed by atoms with E-state index in [9.17, 15) is 13.2 Å². The number of primary sulfonamides is 1. The van der Waals surface area contributed by atoms with Crippen LogP contribution in [-0.2, 0) is 14.8 Å². The van der Waals surface area contributed by atoms with Gasteiger partial charge in [0.25, 0.3) is 0 Å². The van der Waals surface area contributed by atoms with Gasteiger partial charge in [0.05, 0.1) is 11.4 Å². The van der Waals surface area contributed by atoms with Crippen molar-refractivity contribution in [2.75, 3.05) is 20.6 Å². The number of nitrogens with two attached hydrogens (primary N) is 1. The molecule has 1 fully saturated rings. The molecular weight excluding hydrogens is 350 g/mol. The molecule has 26 heavy (non-hydrogen) atoms. The Morgan fingerprint density at radius 2 is 1.69 bits per heavy atom. The molecule has 0 spiro atoms. The Kier molecular flexibility index (Phi) is 6.82. The first-order valence-electron chi connectivity index (χ1n) is 9.18. The summed E-state index contributed by atoms with van der Waals surface area (Å²) in [6.07, 6.45) is 4.53. The summed E-state index contributed by atoms with van der Waals surface area (Å²) in [4.78, 5) is 16.6. The maximum Gasteiger partial charge on any atom is 0.238 e. The lowest BCUT2D eigenvalue weighted by molar-refractivity contribution is -0.134. The minimum absolute atomic E-state index is 0.00624. The molecule has 0 saturated heterocycles. The summed E-state index contributed by atoms with van der Waals surface area (Å²) in [6.45, 7) is 4.61. The smallest absolute Gasteiger partial charge is 0.238 e. The van der Waals surface area contributed by atoms with E-state index < -0.39 is 10.0 Å². The summed E-state index contributed by atoms with van der Waals surface area (Å²) in [6, 6.07) is 6.85. The number of nitrogens with zero attached hydrogens (tertiary/aromatic N) is 2. The molecule has 0 aliphatic heterocycles. The van der Waals surface area contributed by atoms with Crippen LogP contribution in [0, 0.1) is 5.92 Å². The van der Waals surface area contributed by atoms with Crippen molar-refractivity contribution in [3.63, 3.8) is 0 Å².